The highest BCUT2D eigenvalue weighted by atomic mass is 19.4. The number of fused-ring (bicyclic) bond motifs is 1. The molecule has 0 saturated carbocycles. The number of rotatable bonds is 4. The molecule has 30 heavy (non-hydrogen) atoms. The number of ether oxygens (including phenoxy) is 1. The van der Waals surface area contributed by atoms with E-state index in [-0.39, 0.29) is 17.8 Å². The van der Waals surface area contributed by atoms with E-state index in [2.05, 4.69) is 20.7 Å². The number of anilines is 2. The summed E-state index contributed by atoms with van der Waals surface area (Å²) in [6.45, 7) is 0. The van der Waals surface area contributed by atoms with Crippen molar-refractivity contribution in [1.29, 1.82) is 0 Å². The fourth-order valence-corrected chi connectivity index (χ4v) is 3.52. The Hall–Kier alpha value is -3.56. The molecule has 2 atom stereocenters. The largest absolute Gasteiger partial charge is 0.496 e. The van der Waals surface area contributed by atoms with Crippen LogP contribution in [0.2, 0.25) is 0 Å². The Labute approximate surface area is 169 Å². The lowest BCUT2D eigenvalue weighted by Gasteiger charge is -2.34. The van der Waals surface area contributed by atoms with E-state index in [4.69, 9.17) is 4.74 Å². The van der Waals surface area contributed by atoms with Crippen molar-refractivity contribution in [3.8, 4) is 5.75 Å². The van der Waals surface area contributed by atoms with Gasteiger partial charge >= 0.3 is 6.18 Å². The zero-order valence-electron chi connectivity index (χ0n) is 15.8. The van der Waals surface area contributed by atoms with Crippen molar-refractivity contribution < 1.29 is 22.7 Å². The standard InChI is InChI=1S/C20H18F3N5O2/c1-30-16-7-3-2-6-13(16)15-9-17(20(21,22)23)28-18(27-15)14(11-25-28)19(29)26-12-5-4-8-24-10-12/h2-8,10-11,15,17,27H,9H2,1H3,(H,26,29)/t15-,17-/m0/s1. The Morgan fingerprint density at radius 3 is 2.73 bits per heavy atom. The number of nitrogens with one attached hydrogen (secondary N) is 2. The smallest absolute Gasteiger partial charge is 0.410 e. The van der Waals surface area contributed by atoms with Crippen LogP contribution < -0.4 is 15.4 Å². The van der Waals surface area contributed by atoms with Gasteiger partial charge in [0.2, 0.25) is 0 Å². The van der Waals surface area contributed by atoms with Gasteiger partial charge in [-0.1, -0.05) is 18.2 Å². The number of hydrogen-bond acceptors (Lipinski definition) is 5. The van der Waals surface area contributed by atoms with Crippen LogP contribution in [0.1, 0.15) is 34.4 Å². The van der Waals surface area contributed by atoms with E-state index in [1.807, 2.05) is 0 Å². The van der Waals surface area contributed by atoms with Gasteiger partial charge in [0.25, 0.3) is 5.91 Å². The van der Waals surface area contributed by atoms with Gasteiger partial charge in [-0.15, -0.1) is 0 Å². The Balaban J connectivity index is 1.72. The van der Waals surface area contributed by atoms with Crippen LogP contribution in [0.5, 0.6) is 5.75 Å². The van der Waals surface area contributed by atoms with Crippen LogP contribution in [-0.2, 0) is 0 Å². The number of carbonyl (C=O) groups excluding carboxylic acids is 1. The van der Waals surface area contributed by atoms with Crippen LogP contribution in [0.25, 0.3) is 0 Å². The molecule has 1 amide bonds. The summed E-state index contributed by atoms with van der Waals surface area (Å²) in [6, 6.07) is 7.51. The Bertz CT molecular complexity index is 1050. The molecule has 1 aliphatic rings. The monoisotopic (exact) mass is 417 g/mol. The maximum absolute atomic E-state index is 13.8. The summed E-state index contributed by atoms with van der Waals surface area (Å²) in [6.07, 6.45) is -0.706. The first-order valence-electron chi connectivity index (χ1n) is 9.13. The molecule has 0 saturated heterocycles. The number of aromatic nitrogens is 3. The van der Waals surface area contributed by atoms with E-state index in [9.17, 15) is 18.0 Å². The number of nitrogens with zero attached hydrogens (tertiary/aromatic N) is 3. The third-order valence-corrected chi connectivity index (χ3v) is 4.92. The second kappa shape index (κ2) is 7.69. The predicted molar refractivity (Wildman–Crippen MR) is 103 cm³/mol. The van der Waals surface area contributed by atoms with Crippen molar-refractivity contribution in [3.05, 3.63) is 66.1 Å². The van der Waals surface area contributed by atoms with Crippen molar-refractivity contribution in [3.63, 3.8) is 0 Å². The van der Waals surface area contributed by atoms with Gasteiger partial charge in [-0.05, 0) is 18.2 Å². The van der Waals surface area contributed by atoms with Crippen molar-refractivity contribution in [2.45, 2.75) is 24.7 Å². The minimum atomic E-state index is -4.54. The Kier molecular flexibility index (Phi) is 5.06. The lowest BCUT2D eigenvalue weighted by Crippen LogP contribution is -2.36. The van der Waals surface area contributed by atoms with Crippen molar-refractivity contribution in [1.82, 2.24) is 14.8 Å². The summed E-state index contributed by atoms with van der Waals surface area (Å²) in [5.41, 5.74) is 1.000. The third-order valence-electron chi connectivity index (χ3n) is 4.92. The van der Waals surface area contributed by atoms with Crippen molar-refractivity contribution in [2.24, 2.45) is 0 Å². The minimum Gasteiger partial charge on any atom is -0.496 e. The topological polar surface area (TPSA) is 81.1 Å². The van der Waals surface area contributed by atoms with Crippen molar-refractivity contribution in [2.75, 3.05) is 17.7 Å². The van der Waals surface area contributed by atoms with Crippen LogP contribution in [-0.4, -0.2) is 34.0 Å². The highest BCUT2D eigenvalue weighted by molar-refractivity contribution is 6.07. The van der Waals surface area contributed by atoms with Crippen LogP contribution >= 0.6 is 0 Å². The second-order valence-corrected chi connectivity index (χ2v) is 6.78. The number of alkyl halides is 3. The first-order chi connectivity index (χ1) is 14.4. The molecule has 7 nitrogen and oxygen atoms in total. The van der Waals surface area contributed by atoms with Gasteiger partial charge in [0.1, 0.15) is 17.1 Å². The number of para-hydroxylation sites is 1. The molecular weight excluding hydrogens is 399 g/mol. The van der Waals surface area contributed by atoms with Crippen LogP contribution in [0.3, 0.4) is 0 Å². The first-order valence-corrected chi connectivity index (χ1v) is 9.13. The maximum Gasteiger partial charge on any atom is 0.410 e. The van der Waals surface area contributed by atoms with E-state index in [1.165, 1.54) is 13.3 Å². The molecule has 0 radical (unpaired) electrons. The molecule has 2 aromatic heterocycles. The normalized spacial score (nSPS) is 18.3. The summed E-state index contributed by atoms with van der Waals surface area (Å²) < 4.78 is 47.6. The van der Waals surface area contributed by atoms with Crippen LogP contribution in [0, 0.1) is 0 Å². The molecule has 4 rings (SSSR count). The second-order valence-electron chi connectivity index (χ2n) is 6.78. The molecule has 3 heterocycles. The number of benzene rings is 1. The average Bonchev–Trinajstić information content (AvgIpc) is 3.17. The van der Waals surface area contributed by atoms with E-state index >= 15 is 0 Å². The molecule has 1 aromatic carbocycles. The van der Waals surface area contributed by atoms with Gasteiger partial charge in [0.05, 0.1) is 31.2 Å². The number of carbonyl (C=O) groups is 1. The quantitative estimate of drug-likeness (QED) is 0.665. The van der Waals surface area contributed by atoms with E-state index in [1.54, 1.807) is 42.6 Å². The first kappa shape index (κ1) is 19.7. The fourth-order valence-electron chi connectivity index (χ4n) is 3.52. The maximum atomic E-state index is 13.8. The summed E-state index contributed by atoms with van der Waals surface area (Å²) in [7, 11) is 1.46. The molecule has 0 bridgehead atoms. The summed E-state index contributed by atoms with van der Waals surface area (Å²) in [5.74, 6) is -0.121. The number of methoxy groups -OCH3 is 1. The zero-order chi connectivity index (χ0) is 21.3. The molecular formula is C20H18F3N5O2. The molecule has 156 valence electrons. The highest BCUT2D eigenvalue weighted by Gasteiger charge is 2.47. The summed E-state index contributed by atoms with van der Waals surface area (Å²) >= 11 is 0. The zero-order valence-corrected chi connectivity index (χ0v) is 15.8. The molecule has 2 N–H and O–H groups in total. The molecule has 0 aliphatic carbocycles. The summed E-state index contributed by atoms with van der Waals surface area (Å²) in [4.78, 5) is 16.6. The van der Waals surface area contributed by atoms with E-state index < -0.39 is 24.2 Å². The van der Waals surface area contributed by atoms with Gasteiger partial charge < -0.3 is 15.4 Å². The predicted octanol–water partition coefficient (Wildman–Crippen LogP) is 4.20. The summed E-state index contributed by atoms with van der Waals surface area (Å²) in [5, 5.41) is 9.54. The Morgan fingerprint density at radius 1 is 1.23 bits per heavy atom. The number of halogens is 3. The van der Waals surface area contributed by atoms with Gasteiger partial charge in [-0.3, -0.25) is 9.78 Å². The molecule has 0 fully saturated rings. The van der Waals surface area contributed by atoms with E-state index in [0.717, 1.165) is 10.9 Å². The van der Waals surface area contributed by atoms with Gasteiger partial charge in [-0.25, -0.2) is 4.68 Å². The molecule has 0 unspecified atom stereocenters. The van der Waals surface area contributed by atoms with E-state index in [0.29, 0.717) is 17.0 Å². The number of hydrogen-bond donors (Lipinski definition) is 2. The SMILES string of the molecule is COc1ccccc1[C@@H]1C[C@@H](C(F)(F)F)n2ncc(C(=O)Nc3cccnc3)c2N1. The van der Waals surface area contributed by atoms with Gasteiger partial charge in [0.15, 0.2) is 6.04 Å². The molecule has 10 heteroatoms. The average molecular weight is 417 g/mol. The Morgan fingerprint density at radius 2 is 2.03 bits per heavy atom. The number of amides is 1. The molecule has 0 spiro atoms. The molecule has 3 aromatic rings. The van der Waals surface area contributed by atoms with Gasteiger partial charge in [-0.2, -0.15) is 18.3 Å². The minimum absolute atomic E-state index is 0.000807. The lowest BCUT2D eigenvalue weighted by atomic mass is 9.95. The highest BCUT2D eigenvalue weighted by Crippen LogP contribution is 2.45. The third kappa shape index (κ3) is 3.68. The molecule has 1 aliphatic heterocycles. The fraction of sp³-hybridized carbons (Fsp3) is 0.250. The lowest BCUT2D eigenvalue weighted by molar-refractivity contribution is -0.173. The van der Waals surface area contributed by atoms with Gasteiger partial charge in [0, 0.05) is 18.2 Å². The van der Waals surface area contributed by atoms with Crippen LogP contribution in [0.4, 0.5) is 24.7 Å². The van der Waals surface area contributed by atoms with Crippen LogP contribution in [0.15, 0.2) is 55.0 Å². The number of pyridine rings is 1. The van der Waals surface area contributed by atoms with Crippen molar-refractivity contribution >= 4 is 17.4 Å².